The fourth-order valence-electron chi connectivity index (χ4n) is 2.95. The van der Waals surface area contributed by atoms with Crippen molar-refractivity contribution in [2.75, 3.05) is 0 Å². The van der Waals surface area contributed by atoms with Gasteiger partial charge < -0.3 is 5.11 Å². The summed E-state index contributed by atoms with van der Waals surface area (Å²) in [6, 6.07) is 14.8. The highest BCUT2D eigenvalue weighted by molar-refractivity contribution is 5.91. The minimum atomic E-state index is 0.409. The van der Waals surface area contributed by atoms with E-state index in [-0.39, 0.29) is 0 Å². The van der Waals surface area contributed by atoms with E-state index in [9.17, 15) is 5.11 Å². The maximum atomic E-state index is 9.98. The first-order chi connectivity index (χ1) is 10.1. The first-order valence-electron chi connectivity index (χ1n) is 7.66. The van der Waals surface area contributed by atoms with Crippen molar-refractivity contribution in [2.24, 2.45) is 0 Å². The summed E-state index contributed by atoms with van der Waals surface area (Å²) in [7, 11) is 0. The molecule has 0 saturated carbocycles. The Kier molecular flexibility index (Phi) is 4.85. The number of hydrogen-bond donors (Lipinski definition) is 1. The Bertz CT molecular complexity index is 628. The van der Waals surface area contributed by atoms with Crippen molar-refractivity contribution >= 4 is 11.1 Å². The van der Waals surface area contributed by atoms with E-state index < -0.39 is 0 Å². The lowest BCUT2D eigenvalue weighted by Crippen LogP contribution is -1.94. The van der Waals surface area contributed by atoms with E-state index in [1.165, 1.54) is 22.3 Å². The molecule has 0 radical (unpaired) electrons. The second kappa shape index (κ2) is 6.62. The number of rotatable bonds is 4. The van der Waals surface area contributed by atoms with Gasteiger partial charge in [-0.25, -0.2) is 0 Å². The zero-order chi connectivity index (χ0) is 15.4. The minimum absolute atomic E-state index is 0.409. The van der Waals surface area contributed by atoms with Crippen LogP contribution in [-0.4, -0.2) is 5.11 Å². The van der Waals surface area contributed by atoms with Gasteiger partial charge in [0.25, 0.3) is 0 Å². The number of aryl methyl sites for hydroxylation is 2. The molecule has 1 N–H and O–H groups in total. The Balaban J connectivity index is 2.63. The lowest BCUT2D eigenvalue weighted by Gasteiger charge is -2.16. The molecule has 0 unspecified atom stereocenters. The van der Waals surface area contributed by atoms with Gasteiger partial charge in [0.2, 0.25) is 0 Å². The Morgan fingerprint density at radius 2 is 1.29 bits per heavy atom. The monoisotopic (exact) mass is 280 g/mol. The summed E-state index contributed by atoms with van der Waals surface area (Å²) in [4.78, 5) is 0. The summed E-state index contributed by atoms with van der Waals surface area (Å²) in [5.41, 5.74) is 7.17. The van der Waals surface area contributed by atoms with Gasteiger partial charge in [0.15, 0.2) is 0 Å². The average Bonchev–Trinajstić information content (AvgIpc) is 2.50. The summed E-state index contributed by atoms with van der Waals surface area (Å²) in [5, 5.41) is 9.98. The highest BCUT2D eigenvalue weighted by Crippen LogP contribution is 2.34. The van der Waals surface area contributed by atoms with E-state index in [1.54, 1.807) is 0 Å². The van der Waals surface area contributed by atoms with Gasteiger partial charge in [-0.1, -0.05) is 44.2 Å². The van der Waals surface area contributed by atoms with Crippen molar-refractivity contribution in [1.29, 1.82) is 0 Å². The summed E-state index contributed by atoms with van der Waals surface area (Å²) < 4.78 is 0. The number of hydrogen-bond acceptors (Lipinski definition) is 1. The molecule has 110 valence electrons. The van der Waals surface area contributed by atoms with Crippen LogP contribution in [0.2, 0.25) is 0 Å². The van der Waals surface area contributed by atoms with E-state index in [0.29, 0.717) is 5.75 Å². The lowest BCUT2D eigenvalue weighted by molar-refractivity contribution is 0.467. The first kappa shape index (κ1) is 15.4. The van der Waals surface area contributed by atoms with Crippen LogP contribution in [0.4, 0.5) is 0 Å². The van der Waals surface area contributed by atoms with Gasteiger partial charge in [0.05, 0.1) is 0 Å². The van der Waals surface area contributed by atoms with Crippen LogP contribution in [0.3, 0.4) is 0 Å². The van der Waals surface area contributed by atoms with Gasteiger partial charge in [-0.05, 0) is 72.2 Å². The third-order valence-electron chi connectivity index (χ3n) is 4.03. The van der Waals surface area contributed by atoms with Crippen LogP contribution in [0.25, 0.3) is 11.1 Å². The van der Waals surface area contributed by atoms with Gasteiger partial charge in [0.1, 0.15) is 5.75 Å². The van der Waals surface area contributed by atoms with Crippen LogP contribution >= 0.6 is 0 Å². The van der Waals surface area contributed by atoms with Crippen LogP contribution in [0.1, 0.15) is 48.9 Å². The highest BCUT2D eigenvalue weighted by Gasteiger charge is 2.11. The highest BCUT2D eigenvalue weighted by atomic mass is 16.3. The summed E-state index contributed by atoms with van der Waals surface area (Å²) in [5.74, 6) is 0.409. The second-order valence-electron chi connectivity index (χ2n) is 5.49. The zero-order valence-electron chi connectivity index (χ0n) is 13.4. The van der Waals surface area contributed by atoms with Crippen molar-refractivity contribution < 1.29 is 5.11 Å². The van der Waals surface area contributed by atoms with Crippen molar-refractivity contribution in [1.82, 2.24) is 0 Å². The third-order valence-corrected chi connectivity index (χ3v) is 4.03. The van der Waals surface area contributed by atoms with Gasteiger partial charge in [0, 0.05) is 0 Å². The average molecular weight is 280 g/mol. The van der Waals surface area contributed by atoms with E-state index in [2.05, 4.69) is 56.3 Å². The van der Waals surface area contributed by atoms with E-state index in [0.717, 1.165) is 24.0 Å². The van der Waals surface area contributed by atoms with E-state index >= 15 is 0 Å². The van der Waals surface area contributed by atoms with Gasteiger partial charge in [-0.3, -0.25) is 0 Å². The number of benzene rings is 2. The molecule has 21 heavy (non-hydrogen) atoms. The summed E-state index contributed by atoms with van der Waals surface area (Å²) >= 11 is 0. The van der Waals surface area contributed by atoms with Crippen molar-refractivity contribution in [3.63, 3.8) is 0 Å². The molecule has 0 aliphatic carbocycles. The fourth-order valence-corrected chi connectivity index (χ4v) is 2.95. The third kappa shape index (κ3) is 3.18. The maximum absolute atomic E-state index is 9.98. The van der Waals surface area contributed by atoms with Crippen molar-refractivity contribution in [3.8, 4) is 5.75 Å². The predicted molar refractivity (Wildman–Crippen MR) is 91.4 cm³/mol. The Labute approximate surface area is 128 Å². The molecule has 0 amide bonds. The molecule has 0 atom stereocenters. The van der Waals surface area contributed by atoms with Crippen molar-refractivity contribution in [2.45, 2.75) is 40.5 Å². The SMILES string of the molecule is CCC(=C(CC)c1cc(C)c(O)c(C)c1)c1ccccc1. The van der Waals surface area contributed by atoms with Crippen LogP contribution < -0.4 is 0 Å². The Morgan fingerprint density at radius 1 is 0.810 bits per heavy atom. The molecule has 1 heteroatoms. The van der Waals surface area contributed by atoms with E-state index in [4.69, 9.17) is 0 Å². The molecule has 0 heterocycles. The molecule has 2 aromatic rings. The molecule has 0 saturated heterocycles. The largest absolute Gasteiger partial charge is 0.507 e. The Hall–Kier alpha value is -2.02. The normalized spacial score (nSPS) is 12.2. The number of aromatic hydroxyl groups is 1. The first-order valence-corrected chi connectivity index (χ1v) is 7.66. The standard InChI is InChI=1S/C20H24O/c1-5-18(16-10-8-7-9-11-16)19(6-2)17-12-14(3)20(21)15(4)13-17/h7-13,21H,5-6H2,1-4H3. The molecular weight excluding hydrogens is 256 g/mol. The molecule has 2 aromatic carbocycles. The molecule has 0 aliphatic rings. The molecule has 0 aliphatic heterocycles. The molecular formula is C20H24O. The van der Waals surface area contributed by atoms with E-state index in [1.807, 2.05) is 13.8 Å². The van der Waals surface area contributed by atoms with Crippen LogP contribution in [0.15, 0.2) is 42.5 Å². The van der Waals surface area contributed by atoms with Gasteiger partial charge >= 0.3 is 0 Å². The minimum Gasteiger partial charge on any atom is -0.507 e. The predicted octanol–water partition coefficient (Wildman–Crippen LogP) is 5.74. The lowest BCUT2D eigenvalue weighted by atomic mass is 9.89. The second-order valence-corrected chi connectivity index (χ2v) is 5.49. The van der Waals surface area contributed by atoms with Crippen LogP contribution in [0.5, 0.6) is 5.75 Å². The number of allylic oxidation sites excluding steroid dienone is 2. The maximum Gasteiger partial charge on any atom is 0.121 e. The molecule has 0 spiro atoms. The smallest absolute Gasteiger partial charge is 0.121 e. The summed E-state index contributed by atoms with van der Waals surface area (Å²) in [6.07, 6.45) is 1.99. The Morgan fingerprint density at radius 3 is 1.76 bits per heavy atom. The molecule has 0 aromatic heterocycles. The van der Waals surface area contributed by atoms with Gasteiger partial charge in [-0.15, -0.1) is 0 Å². The number of phenolic OH excluding ortho intramolecular Hbond substituents is 1. The topological polar surface area (TPSA) is 20.2 Å². The van der Waals surface area contributed by atoms with Crippen molar-refractivity contribution in [3.05, 3.63) is 64.7 Å². The van der Waals surface area contributed by atoms with Crippen LogP contribution in [0, 0.1) is 13.8 Å². The molecule has 1 nitrogen and oxygen atoms in total. The van der Waals surface area contributed by atoms with Gasteiger partial charge in [-0.2, -0.15) is 0 Å². The quantitative estimate of drug-likeness (QED) is 0.708. The number of phenols is 1. The molecule has 0 fully saturated rings. The molecule has 0 bridgehead atoms. The van der Waals surface area contributed by atoms with Crippen LogP contribution in [-0.2, 0) is 0 Å². The fraction of sp³-hybridized carbons (Fsp3) is 0.300. The summed E-state index contributed by atoms with van der Waals surface area (Å²) in [6.45, 7) is 8.34. The zero-order valence-corrected chi connectivity index (χ0v) is 13.4. The molecule has 2 rings (SSSR count).